The fourth-order valence-corrected chi connectivity index (χ4v) is 3.31. The van der Waals surface area contributed by atoms with Gasteiger partial charge >= 0.3 is 0 Å². The second kappa shape index (κ2) is 10.7. The van der Waals surface area contributed by atoms with E-state index in [0.29, 0.717) is 12.6 Å². The molecule has 4 nitrogen and oxygen atoms in total. The first-order chi connectivity index (χ1) is 11.1. The number of hydrogen-bond acceptors (Lipinski definition) is 3. The van der Waals surface area contributed by atoms with Crippen LogP contribution in [0.15, 0.2) is 30.3 Å². The third-order valence-electron chi connectivity index (χ3n) is 4.93. The van der Waals surface area contributed by atoms with E-state index in [1.54, 1.807) is 0 Å². The van der Waals surface area contributed by atoms with Crippen LogP contribution >= 0.6 is 12.4 Å². The van der Waals surface area contributed by atoms with Crippen molar-refractivity contribution in [2.45, 2.75) is 45.2 Å². The molecule has 0 spiro atoms. The molecular weight excluding hydrogens is 322 g/mol. The van der Waals surface area contributed by atoms with Gasteiger partial charge in [0.15, 0.2) is 0 Å². The van der Waals surface area contributed by atoms with E-state index in [2.05, 4.69) is 36.2 Å². The van der Waals surface area contributed by atoms with Crippen molar-refractivity contribution in [2.75, 3.05) is 33.2 Å². The van der Waals surface area contributed by atoms with Crippen LogP contribution in [0.4, 0.5) is 0 Å². The van der Waals surface area contributed by atoms with E-state index in [9.17, 15) is 4.79 Å². The molecule has 1 saturated heterocycles. The van der Waals surface area contributed by atoms with Gasteiger partial charge in [-0.25, -0.2) is 0 Å². The van der Waals surface area contributed by atoms with Crippen LogP contribution < -0.4 is 5.32 Å². The van der Waals surface area contributed by atoms with E-state index >= 15 is 0 Å². The maximum atomic E-state index is 12.8. The number of carbonyl (C=O) groups excluding carboxylic acids is 1. The largest absolute Gasteiger partial charge is 0.338 e. The van der Waals surface area contributed by atoms with Gasteiger partial charge in [-0.05, 0) is 51.4 Å². The molecule has 0 radical (unpaired) electrons. The van der Waals surface area contributed by atoms with Crippen molar-refractivity contribution in [3.63, 3.8) is 0 Å². The van der Waals surface area contributed by atoms with Gasteiger partial charge < -0.3 is 10.2 Å². The Kier molecular flexibility index (Phi) is 9.34. The first-order valence-corrected chi connectivity index (χ1v) is 8.88. The quantitative estimate of drug-likeness (QED) is 0.818. The summed E-state index contributed by atoms with van der Waals surface area (Å²) in [6.45, 7) is 7.96. The molecule has 1 aliphatic heterocycles. The monoisotopic (exact) mass is 353 g/mol. The number of piperidine rings is 1. The molecule has 136 valence electrons. The number of nitrogens with zero attached hydrogens (tertiary/aromatic N) is 2. The molecule has 1 N–H and O–H groups in total. The summed E-state index contributed by atoms with van der Waals surface area (Å²) >= 11 is 0. The Bertz CT molecular complexity index is 477. The molecule has 1 aromatic rings. The van der Waals surface area contributed by atoms with Gasteiger partial charge in [0.25, 0.3) is 0 Å². The van der Waals surface area contributed by atoms with Crippen LogP contribution in [0.25, 0.3) is 0 Å². The highest BCUT2D eigenvalue weighted by Gasteiger charge is 2.25. The predicted octanol–water partition coefficient (Wildman–Crippen LogP) is 3.09. The number of amides is 1. The van der Waals surface area contributed by atoms with Gasteiger partial charge in [-0.2, -0.15) is 0 Å². The van der Waals surface area contributed by atoms with Crippen LogP contribution in [-0.4, -0.2) is 55.0 Å². The number of hydrogen-bond donors (Lipinski definition) is 1. The van der Waals surface area contributed by atoms with E-state index in [4.69, 9.17) is 0 Å². The molecule has 5 heteroatoms. The lowest BCUT2D eigenvalue weighted by Gasteiger charge is -2.36. The summed E-state index contributed by atoms with van der Waals surface area (Å²) in [5.74, 6) is 0.216. The van der Waals surface area contributed by atoms with Crippen molar-refractivity contribution >= 4 is 18.3 Å². The zero-order valence-electron chi connectivity index (χ0n) is 15.2. The summed E-state index contributed by atoms with van der Waals surface area (Å²) in [7, 11) is 1.92. The standard InChI is InChI=1S/C19H31N3O.ClH/c1-4-14-22(18-10-12-20-13-11-18)15-19(23)21(3)16(2)17-8-6-5-7-9-17;/h5-9,16,18,20H,4,10-15H2,1-3H3;1H. The SMILES string of the molecule is CCCN(CC(=O)N(C)C(C)c1ccccc1)C1CCNCC1.Cl. The normalized spacial score (nSPS) is 16.5. The Morgan fingerprint density at radius 1 is 1.25 bits per heavy atom. The molecule has 0 aromatic heterocycles. The lowest BCUT2D eigenvalue weighted by atomic mass is 10.0. The molecule has 0 bridgehead atoms. The minimum atomic E-state index is 0. The second-order valence-corrected chi connectivity index (χ2v) is 6.54. The van der Waals surface area contributed by atoms with E-state index in [1.807, 2.05) is 30.1 Å². The fourth-order valence-electron chi connectivity index (χ4n) is 3.31. The Balaban J connectivity index is 0.00000288. The van der Waals surface area contributed by atoms with E-state index < -0.39 is 0 Å². The van der Waals surface area contributed by atoms with Gasteiger partial charge in [0.1, 0.15) is 0 Å². The molecule has 1 fully saturated rings. The number of likely N-dealkylation sites (N-methyl/N-ethyl adjacent to an activating group) is 1. The lowest BCUT2D eigenvalue weighted by Crippen LogP contribution is -2.48. The fraction of sp³-hybridized carbons (Fsp3) is 0.632. The summed E-state index contributed by atoms with van der Waals surface area (Å²) in [6.07, 6.45) is 3.38. The third kappa shape index (κ3) is 5.76. The van der Waals surface area contributed by atoms with Crippen LogP contribution in [-0.2, 0) is 4.79 Å². The molecule has 1 amide bonds. The van der Waals surface area contributed by atoms with Crippen LogP contribution in [0, 0.1) is 0 Å². The van der Waals surface area contributed by atoms with Gasteiger partial charge in [0, 0.05) is 13.1 Å². The summed E-state index contributed by atoms with van der Waals surface area (Å²) in [4.78, 5) is 17.0. The third-order valence-corrected chi connectivity index (χ3v) is 4.93. The molecule has 0 saturated carbocycles. The second-order valence-electron chi connectivity index (χ2n) is 6.54. The molecule has 1 aliphatic rings. The highest BCUT2D eigenvalue weighted by atomic mass is 35.5. The van der Waals surface area contributed by atoms with E-state index in [1.165, 1.54) is 5.56 Å². The first-order valence-electron chi connectivity index (χ1n) is 8.88. The zero-order chi connectivity index (χ0) is 16.7. The minimum Gasteiger partial charge on any atom is -0.338 e. The number of carbonyl (C=O) groups is 1. The summed E-state index contributed by atoms with van der Waals surface area (Å²) in [6, 6.07) is 10.9. The molecule has 2 rings (SSSR count). The number of nitrogens with one attached hydrogen (secondary N) is 1. The summed E-state index contributed by atoms with van der Waals surface area (Å²) in [5, 5.41) is 3.41. The maximum absolute atomic E-state index is 12.8. The molecule has 1 heterocycles. The molecule has 1 unspecified atom stereocenters. The topological polar surface area (TPSA) is 35.6 Å². The molecule has 0 aliphatic carbocycles. The van der Waals surface area contributed by atoms with Gasteiger partial charge in [-0.3, -0.25) is 9.69 Å². The lowest BCUT2D eigenvalue weighted by molar-refractivity contribution is -0.133. The van der Waals surface area contributed by atoms with Crippen molar-refractivity contribution in [2.24, 2.45) is 0 Å². The van der Waals surface area contributed by atoms with Crippen LogP contribution in [0.5, 0.6) is 0 Å². The molecule has 1 aromatic carbocycles. The van der Waals surface area contributed by atoms with Crippen LogP contribution in [0.1, 0.15) is 44.7 Å². The zero-order valence-corrected chi connectivity index (χ0v) is 16.0. The number of rotatable bonds is 7. The van der Waals surface area contributed by atoms with Crippen molar-refractivity contribution in [1.82, 2.24) is 15.1 Å². The van der Waals surface area contributed by atoms with Gasteiger partial charge in [-0.1, -0.05) is 37.3 Å². The van der Waals surface area contributed by atoms with Gasteiger partial charge in [-0.15, -0.1) is 12.4 Å². The molecule has 1 atom stereocenters. The minimum absolute atomic E-state index is 0. The molecular formula is C19H32ClN3O. The summed E-state index contributed by atoms with van der Waals surface area (Å²) < 4.78 is 0. The highest BCUT2D eigenvalue weighted by Crippen LogP contribution is 2.19. The van der Waals surface area contributed by atoms with Crippen molar-refractivity contribution in [3.05, 3.63) is 35.9 Å². The highest BCUT2D eigenvalue weighted by molar-refractivity contribution is 5.85. The predicted molar refractivity (Wildman–Crippen MR) is 103 cm³/mol. The Morgan fingerprint density at radius 2 is 1.88 bits per heavy atom. The summed E-state index contributed by atoms with van der Waals surface area (Å²) in [5.41, 5.74) is 1.19. The van der Waals surface area contributed by atoms with Crippen molar-refractivity contribution in [3.8, 4) is 0 Å². The molecule has 24 heavy (non-hydrogen) atoms. The Labute approximate surface area is 153 Å². The average Bonchev–Trinajstić information content (AvgIpc) is 2.61. The van der Waals surface area contributed by atoms with Crippen molar-refractivity contribution in [1.29, 1.82) is 0 Å². The smallest absolute Gasteiger partial charge is 0.237 e. The average molecular weight is 354 g/mol. The van der Waals surface area contributed by atoms with Gasteiger partial charge in [0.2, 0.25) is 5.91 Å². The maximum Gasteiger partial charge on any atom is 0.237 e. The number of benzene rings is 1. The van der Waals surface area contributed by atoms with Gasteiger partial charge in [0.05, 0.1) is 12.6 Å². The van der Waals surface area contributed by atoms with Crippen molar-refractivity contribution < 1.29 is 4.79 Å². The van der Waals surface area contributed by atoms with E-state index in [-0.39, 0.29) is 24.4 Å². The first kappa shape index (κ1) is 20.9. The van der Waals surface area contributed by atoms with E-state index in [0.717, 1.165) is 38.9 Å². The number of halogens is 1. The Hall–Kier alpha value is -1.10. The van der Waals surface area contributed by atoms with Crippen LogP contribution in [0.2, 0.25) is 0 Å². The van der Waals surface area contributed by atoms with Crippen LogP contribution in [0.3, 0.4) is 0 Å². The Morgan fingerprint density at radius 3 is 2.46 bits per heavy atom.